The van der Waals surface area contributed by atoms with Crippen LogP contribution in [0, 0.1) is 0 Å². The summed E-state index contributed by atoms with van der Waals surface area (Å²) >= 11 is 1.15. The van der Waals surface area contributed by atoms with Crippen LogP contribution in [0.1, 0.15) is 66.0 Å². The first-order chi connectivity index (χ1) is 19.6. The zero-order chi connectivity index (χ0) is 30.8. The number of sulfone groups is 1. The van der Waals surface area contributed by atoms with E-state index in [2.05, 4.69) is 11.9 Å². The van der Waals surface area contributed by atoms with Crippen molar-refractivity contribution in [3.8, 4) is 0 Å². The summed E-state index contributed by atoms with van der Waals surface area (Å²) in [5.74, 6) is -1.13. The average molecular weight is 610 g/mol. The Morgan fingerprint density at radius 2 is 1.83 bits per heavy atom. The second-order valence-electron chi connectivity index (χ2n) is 11.8. The van der Waals surface area contributed by atoms with Crippen molar-refractivity contribution in [2.45, 2.75) is 60.9 Å². The number of nitrogens with two attached hydrogens (primary N) is 3. The molecular weight excluding hydrogens is 574 g/mol. The number of rotatable bonds is 5. The number of nitrogens with one attached hydrogen (secondary N) is 1. The number of carbonyl (C=O) groups is 3. The van der Waals surface area contributed by atoms with E-state index in [1.54, 1.807) is 37.8 Å². The molecule has 1 aliphatic carbocycles. The number of likely N-dealkylation sites (tertiary alicyclic amines) is 1. The molecule has 0 bridgehead atoms. The summed E-state index contributed by atoms with van der Waals surface area (Å²) in [7, 11) is -3.63. The summed E-state index contributed by atoms with van der Waals surface area (Å²) in [6.07, 6.45) is 2.67. The number of benzene rings is 2. The van der Waals surface area contributed by atoms with Gasteiger partial charge in [0.15, 0.2) is 15.6 Å². The van der Waals surface area contributed by atoms with Gasteiger partial charge in [0.05, 0.1) is 25.3 Å². The maximum atomic E-state index is 14.0. The number of amides is 2. The maximum absolute atomic E-state index is 14.0. The quantitative estimate of drug-likeness (QED) is 0.252. The van der Waals surface area contributed by atoms with E-state index >= 15 is 0 Å². The molecule has 0 saturated carbocycles. The number of carbonyl (C=O) groups excluding carboxylic acids is 3. The Kier molecular flexibility index (Phi) is 7.33. The third-order valence-corrected chi connectivity index (χ3v) is 11.9. The van der Waals surface area contributed by atoms with E-state index < -0.39 is 37.9 Å². The predicted molar refractivity (Wildman–Crippen MR) is 164 cm³/mol. The van der Waals surface area contributed by atoms with Crippen molar-refractivity contribution in [2.24, 2.45) is 11.5 Å². The van der Waals surface area contributed by atoms with Crippen molar-refractivity contribution >= 4 is 54.5 Å². The molecular formula is C30H35N5O5S2. The molecule has 42 heavy (non-hydrogen) atoms. The predicted octanol–water partition coefficient (Wildman–Crippen LogP) is 2.75. The van der Waals surface area contributed by atoms with E-state index in [9.17, 15) is 22.8 Å². The third kappa shape index (κ3) is 4.53. The normalized spacial score (nSPS) is 22.7. The van der Waals surface area contributed by atoms with Gasteiger partial charge in [-0.1, -0.05) is 24.8 Å². The summed E-state index contributed by atoms with van der Waals surface area (Å²) in [5.41, 5.74) is 19.7. The van der Waals surface area contributed by atoms with Crippen LogP contribution in [0.15, 0.2) is 53.9 Å². The molecule has 5 rings (SSSR count). The van der Waals surface area contributed by atoms with Crippen molar-refractivity contribution in [2.75, 3.05) is 18.8 Å². The van der Waals surface area contributed by atoms with Gasteiger partial charge in [0.2, 0.25) is 5.91 Å². The van der Waals surface area contributed by atoms with Gasteiger partial charge in [-0.3, -0.25) is 14.4 Å². The number of piperidine rings is 1. The molecule has 2 aromatic carbocycles. The minimum atomic E-state index is -3.63. The lowest BCUT2D eigenvalue weighted by Gasteiger charge is -2.37. The topological polar surface area (TPSA) is 179 Å². The number of ketones is 1. The average Bonchev–Trinajstić information content (AvgIpc) is 3.36. The second-order valence-corrected chi connectivity index (χ2v) is 15.6. The Morgan fingerprint density at radius 1 is 1.17 bits per heavy atom. The first-order valence-corrected chi connectivity index (χ1v) is 15.9. The SMILES string of the molecule is C=CC(=O)N1CCCC(NC(=O)c2sc3c(N)ccc4c3c2C(N)C(=O)C4(N)c2ccc(S(=O)(=O)C(C)(C)C)cc2)C1. The largest absolute Gasteiger partial charge is 0.398 e. The van der Waals surface area contributed by atoms with Gasteiger partial charge >= 0.3 is 0 Å². The number of nitrogen functional groups attached to an aromatic ring is 1. The highest BCUT2D eigenvalue weighted by molar-refractivity contribution is 7.92. The highest BCUT2D eigenvalue weighted by Crippen LogP contribution is 2.49. The summed E-state index contributed by atoms with van der Waals surface area (Å²) < 4.78 is 25.5. The Balaban J connectivity index is 1.57. The van der Waals surface area contributed by atoms with Gasteiger partial charge < -0.3 is 27.4 Å². The molecule has 1 saturated heterocycles. The van der Waals surface area contributed by atoms with Crippen LogP contribution < -0.4 is 22.5 Å². The molecule has 7 N–H and O–H groups in total. The Hall–Kier alpha value is -3.58. The van der Waals surface area contributed by atoms with Crippen molar-refractivity contribution in [1.29, 1.82) is 0 Å². The molecule has 1 aromatic heterocycles. The van der Waals surface area contributed by atoms with E-state index in [1.807, 2.05) is 0 Å². The van der Waals surface area contributed by atoms with Crippen LogP contribution in [0.4, 0.5) is 5.69 Å². The van der Waals surface area contributed by atoms with Crippen molar-refractivity contribution < 1.29 is 22.8 Å². The summed E-state index contributed by atoms with van der Waals surface area (Å²) in [5, 5.41) is 3.56. The molecule has 0 radical (unpaired) electrons. The fourth-order valence-corrected chi connectivity index (χ4v) is 8.18. The molecule has 2 aliphatic rings. The lowest BCUT2D eigenvalue weighted by atomic mass is 9.70. The monoisotopic (exact) mass is 609 g/mol. The number of Topliss-reactive ketones (excluding diaryl/α,β-unsaturated/α-hetero) is 1. The molecule has 1 aliphatic heterocycles. The van der Waals surface area contributed by atoms with Crippen LogP contribution in [-0.4, -0.2) is 54.8 Å². The molecule has 222 valence electrons. The number of hydrogen-bond donors (Lipinski definition) is 4. The number of anilines is 1. The van der Waals surface area contributed by atoms with Gasteiger partial charge in [-0.05, 0) is 69.0 Å². The van der Waals surface area contributed by atoms with Crippen LogP contribution in [0.25, 0.3) is 10.1 Å². The van der Waals surface area contributed by atoms with Crippen LogP contribution in [0.2, 0.25) is 0 Å². The molecule has 2 heterocycles. The van der Waals surface area contributed by atoms with Gasteiger partial charge in [-0.25, -0.2) is 8.42 Å². The van der Waals surface area contributed by atoms with Crippen LogP contribution in [0.3, 0.4) is 0 Å². The van der Waals surface area contributed by atoms with Crippen molar-refractivity contribution in [3.05, 3.63) is 70.6 Å². The number of hydrogen-bond acceptors (Lipinski definition) is 9. The van der Waals surface area contributed by atoms with E-state index in [4.69, 9.17) is 17.2 Å². The van der Waals surface area contributed by atoms with Gasteiger partial charge in [-0.15, -0.1) is 11.3 Å². The highest BCUT2D eigenvalue weighted by Gasteiger charge is 2.49. The second kappa shape index (κ2) is 10.3. The van der Waals surface area contributed by atoms with Crippen molar-refractivity contribution in [1.82, 2.24) is 10.2 Å². The summed E-state index contributed by atoms with van der Waals surface area (Å²) in [4.78, 5) is 41.8. The van der Waals surface area contributed by atoms with Crippen LogP contribution >= 0.6 is 11.3 Å². The molecule has 0 spiro atoms. The smallest absolute Gasteiger partial charge is 0.262 e. The lowest BCUT2D eigenvalue weighted by Crippen LogP contribution is -2.53. The van der Waals surface area contributed by atoms with Gasteiger partial charge in [-0.2, -0.15) is 0 Å². The Morgan fingerprint density at radius 3 is 2.45 bits per heavy atom. The zero-order valence-electron chi connectivity index (χ0n) is 23.8. The number of nitrogens with zero attached hydrogens (tertiary/aromatic N) is 1. The molecule has 2 amide bonds. The minimum absolute atomic E-state index is 0.114. The van der Waals surface area contributed by atoms with Gasteiger partial charge in [0.25, 0.3) is 5.91 Å². The van der Waals surface area contributed by atoms with Crippen LogP contribution in [-0.2, 0) is 25.0 Å². The van der Waals surface area contributed by atoms with Gasteiger partial charge in [0.1, 0.15) is 5.54 Å². The summed E-state index contributed by atoms with van der Waals surface area (Å²) in [6, 6.07) is 7.77. The molecule has 10 nitrogen and oxygen atoms in total. The first kappa shape index (κ1) is 29.9. The van der Waals surface area contributed by atoms with E-state index in [1.165, 1.54) is 30.3 Å². The molecule has 3 unspecified atom stereocenters. The molecule has 3 atom stereocenters. The molecule has 1 fully saturated rings. The van der Waals surface area contributed by atoms with E-state index in [0.717, 1.165) is 17.8 Å². The van der Waals surface area contributed by atoms with Crippen molar-refractivity contribution in [3.63, 3.8) is 0 Å². The third-order valence-electron chi connectivity index (χ3n) is 8.19. The Labute approximate surface area is 248 Å². The Bertz CT molecular complexity index is 1740. The standard InChI is InChI=1S/C30H35N5O5S2/c1-5-21(36)35-14-6-7-17(15-35)34-28(38)26-23-22-19(12-13-20(31)25(22)41-26)30(33,27(37)24(23)32)16-8-10-18(11-9-16)42(39,40)29(2,3)4/h5,8-13,17,24H,1,6-7,14-15,31-33H2,2-4H3,(H,34,38). The van der Waals surface area contributed by atoms with E-state index in [-0.39, 0.29) is 21.7 Å². The zero-order valence-corrected chi connectivity index (χ0v) is 25.4. The molecule has 3 aromatic rings. The van der Waals surface area contributed by atoms with Crippen LogP contribution in [0.5, 0.6) is 0 Å². The fraction of sp³-hybridized carbons (Fsp3) is 0.367. The first-order valence-electron chi connectivity index (χ1n) is 13.6. The van der Waals surface area contributed by atoms with Gasteiger partial charge in [0, 0.05) is 35.8 Å². The number of thiophene rings is 1. The fourth-order valence-electron chi connectivity index (χ4n) is 5.77. The lowest BCUT2D eigenvalue weighted by molar-refractivity contribution is -0.127. The van der Waals surface area contributed by atoms with E-state index in [0.29, 0.717) is 52.0 Å². The summed E-state index contributed by atoms with van der Waals surface area (Å²) in [6.45, 7) is 9.33. The molecule has 12 heteroatoms. The highest BCUT2D eigenvalue weighted by atomic mass is 32.2. The maximum Gasteiger partial charge on any atom is 0.262 e. The minimum Gasteiger partial charge on any atom is -0.398 e.